The minimum Gasteiger partial charge on any atom is -0.461 e. The van der Waals surface area contributed by atoms with Crippen LogP contribution in [0, 0.1) is 5.92 Å². The fourth-order valence-corrected chi connectivity index (χ4v) is 3.32. The molecule has 0 spiro atoms. The lowest BCUT2D eigenvalue weighted by Crippen LogP contribution is -2.52. The second-order valence-electron chi connectivity index (χ2n) is 9.00. The van der Waals surface area contributed by atoms with E-state index in [0.717, 1.165) is 10.5 Å². The summed E-state index contributed by atoms with van der Waals surface area (Å²) >= 11 is 0. The van der Waals surface area contributed by atoms with E-state index in [-0.39, 0.29) is 53.8 Å². The van der Waals surface area contributed by atoms with Gasteiger partial charge in [-0.1, -0.05) is 101 Å². The SMILES string of the molecule is C.C.C.C.C=C1C=CN([C@@H]2O[C@H](CO)[C@@H](C)[C@@]2(C)F)C(=O)N1.CC.CC.CC(=O)CCC(C)=O.CC(=O)OCc1ccccc1. The Bertz CT molecular complexity index is 967. The summed E-state index contributed by atoms with van der Waals surface area (Å²) in [4.78, 5) is 43.7. The van der Waals surface area contributed by atoms with Crippen molar-refractivity contribution in [1.82, 2.24) is 10.2 Å². The van der Waals surface area contributed by atoms with Crippen molar-refractivity contribution in [3.8, 4) is 0 Å². The Labute approximate surface area is 274 Å². The van der Waals surface area contributed by atoms with Crippen LogP contribution in [-0.4, -0.2) is 58.2 Å². The lowest BCUT2D eigenvalue weighted by atomic mass is 9.89. The van der Waals surface area contributed by atoms with Crippen LogP contribution in [0.3, 0.4) is 0 Å². The van der Waals surface area contributed by atoms with Crippen LogP contribution >= 0.6 is 0 Å². The number of benzene rings is 1. The number of halogens is 1. The molecule has 4 atom stereocenters. The van der Waals surface area contributed by atoms with Gasteiger partial charge >= 0.3 is 12.0 Å². The van der Waals surface area contributed by atoms with Crippen LogP contribution in [0.15, 0.2) is 54.9 Å². The molecule has 1 aromatic carbocycles. The van der Waals surface area contributed by atoms with Crippen molar-refractivity contribution in [3.05, 3.63) is 60.4 Å². The van der Waals surface area contributed by atoms with Crippen molar-refractivity contribution < 1.29 is 38.1 Å². The van der Waals surface area contributed by atoms with E-state index in [0.29, 0.717) is 25.1 Å². The number of rotatable bonds is 7. The normalized spacial score (nSPS) is 20.2. The van der Waals surface area contributed by atoms with Crippen molar-refractivity contribution in [2.24, 2.45) is 5.92 Å². The first-order valence-electron chi connectivity index (χ1n) is 13.9. The number of allylic oxidation sites excluding steroid dienone is 1. The summed E-state index contributed by atoms with van der Waals surface area (Å²) in [6, 6.07) is 9.11. The summed E-state index contributed by atoms with van der Waals surface area (Å²) in [5.74, 6) is -0.576. The summed E-state index contributed by atoms with van der Waals surface area (Å²) in [6.07, 6.45) is 2.14. The predicted octanol–water partition coefficient (Wildman–Crippen LogP) is 8.41. The van der Waals surface area contributed by atoms with Gasteiger partial charge in [0.05, 0.1) is 12.7 Å². The number of hydrogen-bond donors (Lipinski definition) is 2. The van der Waals surface area contributed by atoms with Gasteiger partial charge in [0, 0.05) is 37.6 Å². The third-order valence-electron chi connectivity index (χ3n) is 5.72. The number of aliphatic hydroxyl groups excluding tert-OH is 1. The molecule has 0 aliphatic carbocycles. The Hall–Kier alpha value is -3.37. The molecule has 0 saturated carbocycles. The van der Waals surface area contributed by atoms with Gasteiger partial charge in [-0.2, -0.15) is 0 Å². The first-order valence-corrected chi connectivity index (χ1v) is 13.9. The highest BCUT2D eigenvalue weighted by atomic mass is 19.1. The maximum atomic E-state index is 14.6. The molecule has 10 heteroatoms. The van der Waals surface area contributed by atoms with Gasteiger partial charge in [0.1, 0.15) is 18.2 Å². The van der Waals surface area contributed by atoms with Crippen molar-refractivity contribution in [2.75, 3.05) is 6.61 Å². The average molecular weight is 645 g/mol. The number of ether oxygens (including phenoxy) is 2. The summed E-state index contributed by atoms with van der Waals surface area (Å²) in [6.45, 7) is 19.1. The van der Waals surface area contributed by atoms with Crippen molar-refractivity contribution >= 4 is 23.6 Å². The number of nitrogens with zero attached hydrogens (tertiary/aromatic N) is 1. The number of esters is 1. The van der Waals surface area contributed by atoms with Gasteiger partial charge in [-0.05, 0) is 32.4 Å². The van der Waals surface area contributed by atoms with E-state index in [4.69, 9.17) is 14.6 Å². The molecule has 9 nitrogen and oxygen atoms in total. The Kier molecular flexibility index (Phi) is 35.3. The standard InChI is InChI=1S/C12H17FN2O3.C9H10O2.C6H10O2.2C2H6.4CH4/c1-7-4-5-15(11(17)14-7)10-12(3,13)8(2)9(6-16)18-10;1-8(10)11-7-9-5-3-2-4-6-9;1-5(7)3-4-6(2)8;2*1-2;;;;/h4-5,8-10,16H,1,6H2,2-3H3,(H,14,17);2-6H,7H2,1H3;3-4H2,1-2H3;2*1-2H3;4*1H4/t8-,9-,10-,12-;;;;;;;;/m1......../s1. The molecule has 2 N–H and O–H groups in total. The molecule has 1 aromatic rings. The average Bonchev–Trinajstić information content (AvgIpc) is 3.17. The summed E-state index contributed by atoms with van der Waals surface area (Å²) in [5.41, 5.74) is -0.266. The van der Waals surface area contributed by atoms with Crippen molar-refractivity contribution in [3.63, 3.8) is 0 Å². The highest BCUT2D eigenvalue weighted by molar-refractivity contribution is 5.83. The number of Topliss-reactive ketones (excluding diaryl/α,β-unsaturated/α-hetero) is 2. The Balaban J connectivity index is -0.000000123. The predicted molar refractivity (Wildman–Crippen MR) is 185 cm³/mol. The van der Waals surface area contributed by atoms with Crippen LogP contribution in [0.1, 0.15) is 110 Å². The quantitative estimate of drug-likeness (QED) is 0.286. The van der Waals surface area contributed by atoms with E-state index >= 15 is 0 Å². The van der Waals surface area contributed by atoms with E-state index < -0.39 is 29.9 Å². The molecule has 2 aliphatic heterocycles. The van der Waals surface area contributed by atoms with Gasteiger partial charge in [-0.15, -0.1) is 0 Å². The third kappa shape index (κ3) is 21.1. The zero-order valence-electron chi connectivity index (χ0n) is 26.0. The summed E-state index contributed by atoms with van der Waals surface area (Å²) < 4.78 is 24.9. The first-order chi connectivity index (χ1) is 19.3. The van der Waals surface area contributed by atoms with E-state index in [1.807, 2.05) is 58.0 Å². The van der Waals surface area contributed by atoms with Crippen LogP contribution in [0.25, 0.3) is 0 Å². The highest BCUT2D eigenvalue weighted by Gasteiger charge is 2.55. The van der Waals surface area contributed by atoms with Crippen LogP contribution in [0.4, 0.5) is 9.18 Å². The molecule has 0 aromatic heterocycles. The fraction of sp³-hybridized carbons (Fsp3) is 0.600. The second-order valence-corrected chi connectivity index (χ2v) is 9.00. The van der Waals surface area contributed by atoms with Gasteiger partial charge in [0.2, 0.25) is 0 Å². The molecular weight excluding hydrogens is 579 g/mol. The number of aliphatic hydroxyl groups is 1. The van der Waals surface area contributed by atoms with Gasteiger partial charge in [0.25, 0.3) is 0 Å². The van der Waals surface area contributed by atoms with E-state index in [1.165, 1.54) is 33.9 Å². The van der Waals surface area contributed by atoms with E-state index in [9.17, 15) is 23.6 Å². The highest BCUT2D eigenvalue weighted by Crippen LogP contribution is 2.41. The molecule has 0 bridgehead atoms. The maximum Gasteiger partial charge on any atom is 0.328 e. The number of alkyl halides is 1. The van der Waals surface area contributed by atoms with Gasteiger partial charge in [0.15, 0.2) is 11.9 Å². The molecule has 3 rings (SSSR count). The number of carbonyl (C=O) groups excluding carboxylic acids is 4. The Morgan fingerprint density at radius 2 is 1.47 bits per heavy atom. The second kappa shape index (κ2) is 29.3. The largest absolute Gasteiger partial charge is 0.461 e. The first kappa shape index (κ1) is 54.1. The van der Waals surface area contributed by atoms with Gasteiger partial charge in [-0.25, -0.2) is 9.18 Å². The number of carbonyl (C=O) groups is 4. The maximum absolute atomic E-state index is 14.6. The molecule has 264 valence electrons. The number of ketones is 2. The smallest absolute Gasteiger partial charge is 0.328 e. The third-order valence-corrected chi connectivity index (χ3v) is 5.72. The minimum absolute atomic E-state index is 0. The molecule has 2 aliphatic rings. The van der Waals surface area contributed by atoms with Crippen LogP contribution in [0.2, 0.25) is 0 Å². The molecule has 1 saturated heterocycles. The van der Waals surface area contributed by atoms with Crippen molar-refractivity contribution in [1.29, 1.82) is 0 Å². The molecule has 2 amide bonds. The van der Waals surface area contributed by atoms with Gasteiger partial charge < -0.3 is 29.5 Å². The number of amides is 2. The molecule has 1 fully saturated rings. The lowest BCUT2D eigenvalue weighted by molar-refractivity contribution is -0.142. The lowest BCUT2D eigenvalue weighted by Gasteiger charge is -2.34. The summed E-state index contributed by atoms with van der Waals surface area (Å²) in [5, 5.41) is 11.6. The van der Waals surface area contributed by atoms with E-state index in [1.54, 1.807) is 13.0 Å². The Morgan fingerprint density at radius 3 is 1.82 bits per heavy atom. The monoisotopic (exact) mass is 644 g/mol. The van der Waals surface area contributed by atoms with Crippen LogP contribution in [0.5, 0.6) is 0 Å². The van der Waals surface area contributed by atoms with Crippen molar-refractivity contribution in [2.45, 2.75) is 129 Å². The molecule has 2 heterocycles. The fourth-order valence-electron chi connectivity index (χ4n) is 3.32. The zero-order chi connectivity index (χ0) is 32.2. The van der Waals surface area contributed by atoms with E-state index in [2.05, 4.69) is 11.9 Å². The topological polar surface area (TPSA) is 122 Å². The molecular formula is C35H65FN2O7. The molecule has 0 unspecified atom stereocenters. The minimum atomic E-state index is -1.73. The number of nitrogens with one attached hydrogen (secondary N) is 1. The zero-order valence-corrected chi connectivity index (χ0v) is 26.0. The number of urea groups is 1. The van der Waals surface area contributed by atoms with Gasteiger partial charge in [-0.3, -0.25) is 9.69 Å². The summed E-state index contributed by atoms with van der Waals surface area (Å²) in [7, 11) is 0. The molecule has 0 radical (unpaired) electrons. The van der Waals surface area contributed by atoms with Crippen LogP contribution < -0.4 is 5.32 Å². The number of hydrogen-bond acceptors (Lipinski definition) is 7. The van der Waals surface area contributed by atoms with Crippen LogP contribution in [-0.2, 0) is 30.5 Å². The molecule has 45 heavy (non-hydrogen) atoms. The Morgan fingerprint density at radius 1 is 1.00 bits per heavy atom.